The van der Waals surface area contributed by atoms with Crippen LogP contribution >= 0.6 is 0 Å². The molecule has 0 spiro atoms. The first kappa shape index (κ1) is 24.0. The number of aldehydes is 1. The van der Waals surface area contributed by atoms with E-state index in [1.54, 1.807) is 42.6 Å². The maximum atomic E-state index is 13.2. The van der Waals surface area contributed by atoms with Gasteiger partial charge in [0.2, 0.25) is 5.66 Å². The fourth-order valence-corrected chi connectivity index (χ4v) is 3.78. The van der Waals surface area contributed by atoms with E-state index >= 15 is 0 Å². The van der Waals surface area contributed by atoms with E-state index in [-0.39, 0.29) is 12.2 Å². The van der Waals surface area contributed by atoms with E-state index in [0.717, 1.165) is 4.90 Å². The maximum Gasteiger partial charge on any atom is 0.315 e. The number of nitrogens with zero attached hydrogens (tertiary/aromatic N) is 3. The molecular formula is C25H22N6O5. The van der Waals surface area contributed by atoms with E-state index in [4.69, 9.17) is 20.9 Å². The number of nitrogens with two attached hydrogens (primary N) is 2. The van der Waals surface area contributed by atoms with Gasteiger partial charge in [-0.3, -0.25) is 24.8 Å². The van der Waals surface area contributed by atoms with Crippen molar-refractivity contribution in [2.24, 2.45) is 5.73 Å². The number of benzene rings is 1. The molecule has 182 valence electrons. The van der Waals surface area contributed by atoms with Crippen LogP contribution in [0.1, 0.15) is 21.6 Å². The number of fused-ring (bicyclic) bond motifs is 1. The second-order valence-electron chi connectivity index (χ2n) is 7.79. The van der Waals surface area contributed by atoms with E-state index in [1.807, 2.05) is 0 Å². The zero-order chi connectivity index (χ0) is 25.9. The van der Waals surface area contributed by atoms with Gasteiger partial charge in [0.05, 0.1) is 32.1 Å². The molecule has 11 nitrogen and oxygen atoms in total. The molecule has 4 rings (SSSR count). The number of ether oxygens (including phenoxy) is 2. The van der Waals surface area contributed by atoms with Crippen LogP contribution in [0.15, 0.2) is 48.8 Å². The highest BCUT2D eigenvalue weighted by atomic mass is 16.5. The summed E-state index contributed by atoms with van der Waals surface area (Å²) in [6, 6.07) is 8.93. The van der Waals surface area contributed by atoms with Gasteiger partial charge in [-0.2, -0.15) is 0 Å². The highest BCUT2D eigenvalue weighted by Crippen LogP contribution is 2.31. The summed E-state index contributed by atoms with van der Waals surface area (Å²) in [7, 11) is 2.91. The number of amides is 3. The monoisotopic (exact) mass is 486 g/mol. The number of nitrogens with one attached hydrogen (secondary N) is 1. The largest absolute Gasteiger partial charge is 0.497 e. The molecule has 0 saturated carbocycles. The van der Waals surface area contributed by atoms with Gasteiger partial charge in [-0.15, -0.1) is 0 Å². The average Bonchev–Trinajstić information content (AvgIpc) is 3.22. The third-order valence-electron chi connectivity index (χ3n) is 5.54. The van der Waals surface area contributed by atoms with Crippen LogP contribution in [0, 0.1) is 11.8 Å². The topological polar surface area (TPSA) is 163 Å². The van der Waals surface area contributed by atoms with Crippen LogP contribution in [0.5, 0.6) is 11.5 Å². The number of aromatic nitrogens is 2. The Labute approximate surface area is 206 Å². The van der Waals surface area contributed by atoms with Gasteiger partial charge < -0.3 is 20.9 Å². The average molecular weight is 486 g/mol. The fraction of sp³-hybridized carbons (Fsp3) is 0.160. The number of anilines is 1. The predicted octanol–water partition coefficient (Wildman–Crippen LogP) is 1.31. The lowest BCUT2D eigenvalue weighted by Crippen LogP contribution is -2.62. The maximum absolute atomic E-state index is 13.2. The molecule has 0 bridgehead atoms. The van der Waals surface area contributed by atoms with Crippen molar-refractivity contribution >= 4 is 23.9 Å². The van der Waals surface area contributed by atoms with Crippen LogP contribution in [-0.4, -0.2) is 53.0 Å². The van der Waals surface area contributed by atoms with Crippen molar-refractivity contribution in [2.45, 2.75) is 12.2 Å². The van der Waals surface area contributed by atoms with Crippen LogP contribution in [0.3, 0.4) is 0 Å². The lowest BCUT2D eigenvalue weighted by molar-refractivity contribution is -0.115. The summed E-state index contributed by atoms with van der Waals surface area (Å²) in [5.41, 5.74) is 11.8. The SMILES string of the molecule is COc1ccc2c(c1)C(=O)N([C@](C#Cc1nc(-c3cncc(N)c3)ccc1OC)(C=O)NC(N)=O)C2. The predicted molar refractivity (Wildman–Crippen MR) is 130 cm³/mol. The Hall–Kier alpha value is -5.11. The van der Waals surface area contributed by atoms with Crippen LogP contribution in [0.4, 0.5) is 10.5 Å². The molecule has 1 aromatic carbocycles. The minimum atomic E-state index is -2.07. The second kappa shape index (κ2) is 9.63. The Morgan fingerprint density at radius 3 is 2.67 bits per heavy atom. The van der Waals surface area contributed by atoms with Gasteiger partial charge in [-0.05, 0) is 47.7 Å². The number of carbonyl (C=O) groups excluding carboxylic acids is 3. The molecule has 0 unspecified atom stereocenters. The van der Waals surface area contributed by atoms with Crippen molar-refractivity contribution in [1.29, 1.82) is 0 Å². The van der Waals surface area contributed by atoms with E-state index in [1.165, 1.54) is 20.4 Å². The molecule has 1 atom stereocenters. The zero-order valence-electron chi connectivity index (χ0n) is 19.4. The number of pyridine rings is 2. The Morgan fingerprint density at radius 1 is 1.19 bits per heavy atom. The molecule has 0 fully saturated rings. The first-order chi connectivity index (χ1) is 17.3. The number of nitrogen functional groups attached to an aromatic ring is 1. The lowest BCUT2D eigenvalue weighted by Gasteiger charge is -2.32. The van der Waals surface area contributed by atoms with Gasteiger partial charge in [0.15, 0.2) is 17.7 Å². The Balaban J connectivity index is 1.79. The molecule has 0 saturated heterocycles. The molecule has 36 heavy (non-hydrogen) atoms. The van der Waals surface area contributed by atoms with Crippen molar-refractivity contribution in [3.8, 4) is 34.6 Å². The standard InChI is InChI=1S/C25H22N6O5/c1-35-18-4-3-15-13-31(23(33)19(15)10-18)25(14-32,30-24(27)34)8-7-21-22(36-2)6-5-20(29-21)16-9-17(26)12-28-11-16/h3-6,9-12,14H,13,26H2,1-2H3,(H3,27,30,34)/t25-/m1/s1. The Bertz CT molecular complexity index is 1430. The molecule has 2 aromatic heterocycles. The molecular weight excluding hydrogens is 464 g/mol. The Kier molecular flexibility index (Phi) is 6.43. The lowest BCUT2D eigenvalue weighted by atomic mass is 10.1. The molecule has 3 aromatic rings. The first-order valence-electron chi connectivity index (χ1n) is 10.6. The highest BCUT2D eigenvalue weighted by Gasteiger charge is 2.44. The van der Waals surface area contributed by atoms with Crippen molar-refractivity contribution < 1.29 is 23.9 Å². The van der Waals surface area contributed by atoms with E-state index < -0.39 is 17.6 Å². The highest BCUT2D eigenvalue weighted by molar-refractivity contribution is 6.02. The number of hydrogen-bond acceptors (Lipinski definition) is 8. The summed E-state index contributed by atoms with van der Waals surface area (Å²) in [6.07, 6.45) is 3.44. The first-order valence-corrected chi connectivity index (χ1v) is 10.6. The van der Waals surface area contributed by atoms with Crippen LogP contribution in [0.25, 0.3) is 11.3 Å². The number of hydrogen-bond donors (Lipinski definition) is 3. The zero-order valence-corrected chi connectivity index (χ0v) is 19.4. The quantitative estimate of drug-likeness (QED) is 0.347. The molecule has 1 aliphatic rings. The summed E-state index contributed by atoms with van der Waals surface area (Å²) in [5.74, 6) is 5.72. The van der Waals surface area contributed by atoms with Crippen molar-refractivity contribution in [3.63, 3.8) is 0 Å². The fourth-order valence-electron chi connectivity index (χ4n) is 3.78. The van der Waals surface area contributed by atoms with Crippen LogP contribution in [-0.2, 0) is 11.3 Å². The van der Waals surface area contributed by atoms with Crippen LogP contribution < -0.4 is 26.3 Å². The number of rotatable bonds is 6. The number of urea groups is 1. The van der Waals surface area contributed by atoms with Crippen LogP contribution in [0.2, 0.25) is 0 Å². The summed E-state index contributed by atoms with van der Waals surface area (Å²) in [4.78, 5) is 47.2. The van der Waals surface area contributed by atoms with E-state index in [2.05, 4.69) is 27.1 Å². The van der Waals surface area contributed by atoms with Gasteiger partial charge in [0.1, 0.15) is 5.75 Å². The molecule has 1 aliphatic heterocycles. The summed E-state index contributed by atoms with van der Waals surface area (Å²) in [6.45, 7) is 0.00538. The molecule has 0 radical (unpaired) electrons. The van der Waals surface area contributed by atoms with Crippen molar-refractivity contribution in [2.75, 3.05) is 20.0 Å². The molecule has 0 aliphatic carbocycles. The van der Waals surface area contributed by atoms with E-state index in [9.17, 15) is 14.4 Å². The van der Waals surface area contributed by atoms with Gasteiger partial charge in [0, 0.05) is 23.5 Å². The molecule has 5 N–H and O–H groups in total. The molecule has 11 heteroatoms. The number of carbonyl (C=O) groups is 3. The molecule has 3 amide bonds. The normalized spacial score (nSPS) is 13.6. The Morgan fingerprint density at radius 2 is 2.00 bits per heavy atom. The second-order valence-corrected chi connectivity index (χ2v) is 7.79. The van der Waals surface area contributed by atoms with Gasteiger partial charge in [-0.25, -0.2) is 9.78 Å². The summed E-state index contributed by atoms with van der Waals surface area (Å²) in [5, 5.41) is 2.32. The van der Waals surface area contributed by atoms with E-state index in [0.29, 0.717) is 45.9 Å². The minimum Gasteiger partial charge on any atom is -0.497 e. The smallest absolute Gasteiger partial charge is 0.315 e. The summed E-state index contributed by atoms with van der Waals surface area (Å²) < 4.78 is 10.6. The van der Waals surface area contributed by atoms with Gasteiger partial charge in [-0.1, -0.05) is 6.07 Å². The van der Waals surface area contributed by atoms with Gasteiger partial charge >= 0.3 is 6.03 Å². The third kappa shape index (κ3) is 4.47. The number of methoxy groups -OCH3 is 2. The van der Waals surface area contributed by atoms with Crippen molar-refractivity contribution in [1.82, 2.24) is 20.2 Å². The minimum absolute atomic E-state index is 0.00538. The van der Waals surface area contributed by atoms with Gasteiger partial charge in [0.25, 0.3) is 5.91 Å². The molecule has 3 heterocycles. The van der Waals surface area contributed by atoms with Crippen molar-refractivity contribution in [3.05, 3.63) is 65.6 Å². The summed E-state index contributed by atoms with van der Waals surface area (Å²) >= 11 is 0. The number of primary amides is 1. The third-order valence-corrected chi connectivity index (χ3v) is 5.54.